The number of hydrogen-bond donors (Lipinski definition) is 1. The molecule has 1 fully saturated rings. The summed E-state index contributed by atoms with van der Waals surface area (Å²) < 4.78 is 5.49. The summed E-state index contributed by atoms with van der Waals surface area (Å²) in [6, 6.07) is 0.598. The van der Waals surface area contributed by atoms with E-state index in [1.165, 1.54) is 12.3 Å². The lowest BCUT2D eigenvalue weighted by Gasteiger charge is -2.28. The van der Waals surface area contributed by atoms with Crippen LogP contribution < -0.4 is 5.32 Å². The molecule has 2 heterocycles. The first-order valence-electron chi connectivity index (χ1n) is 5.26. The average molecular weight is 182 g/mol. The highest BCUT2D eigenvalue weighted by atomic mass is 16.5. The zero-order valence-corrected chi connectivity index (χ0v) is 8.25. The van der Waals surface area contributed by atoms with Crippen LogP contribution >= 0.6 is 0 Å². The van der Waals surface area contributed by atoms with Gasteiger partial charge in [-0.05, 0) is 26.2 Å². The van der Waals surface area contributed by atoms with Gasteiger partial charge in [0.15, 0.2) is 0 Å². The van der Waals surface area contributed by atoms with Crippen LogP contribution in [-0.4, -0.2) is 31.1 Å². The molecule has 2 aliphatic heterocycles. The maximum atomic E-state index is 5.49. The van der Waals surface area contributed by atoms with Crippen molar-refractivity contribution >= 4 is 5.84 Å². The third-order valence-electron chi connectivity index (χ3n) is 2.73. The standard InChI is InChI=1S/C10H18N2O/c1-8-7-9(4-6-13-8)12-10-3-2-5-11-10/h8-9H,2-7H2,1H3,(H,11,12). The van der Waals surface area contributed by atoms with E-state index >= 15 is 0 Å². The van der Waals surface area contributed by atoms with Crippen molar-refractivity contribution in [1.82, 2.24) is 5.32 Å². The Morgan fingerprint density at radius 1 is 1.54 bits per heavy atom. The molecule has 1 N–H and O–H groups in total. The first-order chi connectivity index (χ1) is 6.34. The zero-order chi connectivity index (χ0) is 9.10. The molecular weight excluding hydrogens is 164 g/mol. The lowest BCUT2D eigenvalue weighted by Crippen LogP contribution is -2.40. The quantitative estimate of drug-likeness (QED) is 0.664. The van der Waals surface area contributed by atoms with Crippen LogP contribution in [0.3, 0.4) is 0 Å². The minimum atomic E-state index is 0.410. The van der Waals surface area contributed by atoms with E-state index in [0.717, 1.165) is 32.4 Å². The summed E-state index contributed by atoms with van der Waals surface area (Å²) in [6.45, 7) is 4.05. The third-order valence-corrected chi connectivity index (χ3v) is 2.73. The normalized spacial score (nSPS) is 34.4. The number of nitrogens with zero attached hydrogens (tertiary/aromatic N) is 1. The van der Waals surface area contributed by atoms with E-state index in [0.29, 0.717) is 12.1 Å². The molecule has 0 amide bonds. The predicted molar refractivity (Wildman–Crippen MR) is 53.1 cm³/mol. The van der Waals surface area contributed by atoms with E-state index in [9.17, 15) is 0 Å². The van der Waals surface area contributed by atoms with Gasteiger partial charge in [0.05, 0.1) is 11.9 Å². The molecule has 2 rings (SSSR count). The van der Waals surface area contributed by atoms with Crippen LogP contribution in [0.5, 0.6) is 0 Å². The van der Waals surface area contributed by atoms with E-state index in [-0.39, 0.29) is 0 Å². The summed E-state index contributed by atoms with van der Waals surface area (Å²) in [5.74, 6) is 1.22. The van der Waals surface area contributed by atoms with Gasteiger partial charge in [-0.2, -0.15) is 0 Å². The molecule has 2 aliphatic rings. The zero-order valence-electron chi connectivity index (χ0n) is 8.25. The molecule has 0 aliphatic carbocycles. The second kappa shape index (κ2) is 4.09. The summed E-state index contributed by atoms with van der Waals surface area (Å²) in [4.78, 5) is 4.42. The van der Waals surface area contributed by atoms with Crippen LogP contribution in [0.15, 0.2) is 4.99 Å². The van der Waals surface area contributed by atoms with E-state index < -0.39 is 0 Å². The maximum Gasteiger partial charge on any atom is 0.0965 e. The summed E-state index contributed by atoms with van der Waals surface area (Å²) in [5.41, 5.74) is 0. The molecular formula is C10H18N2O. The molecule has 3 nitrogen and oxygen atoms in total. The smallest absolute Gasteiger partial charge is 0.0965 e. The van der Waals surface area contributed by atoms with Crippen molar-refractivity contribution in [2.45, 2.75) is 44.8 Å². The molecule has 0 bridgehead atoms. The van der Waals surface area contributed by atoms with Crippen LogP contribution in [0.25, 0.3) is 0 Å². The van der Waals surface area contributed by atoms with Gasteiger partial charge in [0, 0.05) is 25.6 Å². The first kappa shape index (κ1) is 9.00. The number of aliphatic imine (C=N–C) groups is 1. The fourth-order valence-electron chi connectivity index (χ4n) is 2.02. The molecule has 0 radical (unpaired) electrons. The van der Waals surface area contributed by atoms with Crippen LogP contribution in [0.4, 0.5) is 0 Å². The summed E-state index contributed by atoms with van der Waals surface area (Å²) in [5, 5.41) is 3.52. The lowest BCUT2D eigenvalue weighted by molar-refractivity contribution is 0.0166. The van der Waals surface area contributed by atoms with Crippen molar-refractivity contribution < 1.29 is 4.74 Å². The van der Waals surface area contributed by atoms with Crippen molar-refractivity contribution in [3.05, 3.63) is 0 Å². The van der Waals surface area contributed by atoms with Crippen molar-refractivity contribution in [2.75, 3.05) is 13.2 Å². The van der Waals surface area contributed by atoms with E-state index in [2.05, 4.69) is 17.2 Å². The Kier molecular flexibility index (Phi) is 2.83. The van der Waals surface area contributed by atoms with Crippen LogP contribution in [0, 0.1) is 0 Å². The van der Waals surface area contributed by atoms with Gasteiger partial charge in [0.25, 0.3) is 0 Å². The van der Waals surface area contributed by atoms with Gasteiger partial charge in [-0.25, -0.2) is 0 Å². The van der Waals surface area contributed by atoms with Gasteiger partial charge >= 0.3 is 0 Å². The Labute approximate surface area is 79.6 Å². The van der Waals surface area contributed by atoms with Gasteiger partial charge in [-0.15, -0.1) is 0 Å². The Bertz CT molecular complexity index is 203. The van der Waals surface area contributed by atoms with Crippen molar-refractivity contribution in [3.63, 3.8) is 0 Å². The summed E-state index contributed by atoms with van der Waals surface area (Å²) >= 11 is 0. The maximum absolute atomic E-state index is 5.49. The minimum Gasteiger partial charge on any atom is -0.378 e. The molecule has 74 valence electrons. The Balaban J connectivity index is 1.80. The predicted octanol–water partition coefficient (Wildman–Crippen LogP) is 1.34. The van der Waals surface area contributed by atoms with Gasteiger partial charge in [-0.1, -0.05) is 0 Å². The summed E-state index contributed by atoms with van der Waals surface area (Å²) in [7, 11) is 0. The highest BCUT2D eigenvalue weighted by molar-refractivity contribution is 5.83. The molecule has 13 heavy (non-hydrogen) atoms. The van der Waals surface area contributed by atoms with Crippen LogP contribution in [-0.2, 0) is 4.74 Å². The molecule has 0 aromatic heterocycles. The number of ether oxygens (including phenoxy) is 1. The largest absolute Gasteiger partial charge is 0.378 e. The molecule has 3 heteroatoms. The Morgan fingerprint density at radius 3 is 3.15 bits per heavy atom. The molecule has 2 atom stereocenters. The molecule has 0 aromatic carbocycles. The van der Waals surface area contributed by atoms with E-state index in [4.69, 9.17) is 4.74 Å². The van der Waals surface area contributed by atoms with Crippen molar-refractivity contribution in [2.24, 2.45) is 4.99 Å². The lowest BCUT2D eigenvalue weighted by atomic mass is 10.0. The Hall–Kier alpha value is -0.570. The first-order valence-corrected chi connectivity index (χ1v) is 5.26. The van der Waals surface area contributed by atoms with Crippen molar-refractivity contribution in [1.29, 1.82) is 0 Å². The Morgan fingerprint density at radius 2 is 2.46 bits per heavy atom. The van der Waals surface area contributed by atoms with Gasteiger partial charge < -0.3 is 10.1 Å². The highest BCUT2D eigenvalue weighted by Gasteiger charge is 2.20. The van der Waals surface area contributed by atoms with Gasteiger partial charge in [0.1, 0.15) is 0 Å². The topological polar surface area (TPSA) is 33.6 Å². The summed E-state index contributed by atoms with van der Waals surface area (Å²) in [6.07, 6.45) is 5.03. The van der Waals surface area contributed by atoms with Crippen molar-refractivity contribution in [3.8, 4) is 0 Å². The second-order valence-corrected chi connectivity index (χ2v) is 3.98. The van der Waals surface area contributed by atoms with Gasteiger partial charge in [0.2, 0.25) is 0 Å². The molecule has 2 unspecified atom stereocenters. The number of nitrogens with one attached hydrogen (secondary N) is 1. The third kappa shape index (κ3) is 2.44. The molecule has 0 spiro atoms. The molecule has 0 saturated carbocycles. The van der Waals surface area contributed by atoms with E-state index in [1.807, 2.05) is 0 Å². The molecule has 0 aromatic rings. The SMILES string of the molecule is CC1CC(NC2=NCCC2)CCO1. The number of amidine groups is 1. The monoisotopic (exact) mass is 182 g/mol. The van der Waals surface area contributed by atoms with Gasteiger partial charge in [-0.3, -0.25) is 4.99 Å². The minimum absolute atomic E-state index is 0.410. The highest BCUT2D eigenvalue weighted by Crippen LogP contribution is 2.14. The average Bonchev–Trinajstić information content (AvgIpc) is 2.57. The molecule has 1 saturated heterocycles. The fraction of sp³-hybridized carbons (Fsp3) is 0.900. The second-order valence-electron chi connectivity index (χ2n) is 3.98. The number of hydrogen-bond acceptors (Lipinski definition) is 3. The van der Waals surface area contributed by atoms with Crippen LogP contribution in [0.1, 0.15) is 32.6 Å². The number of rotatable bonds is 1. The van der Waals surface area contributed by atoms with E-state index in [1.54, 1.807) is 0 Å². The van der Waals surface area contributed by atoms with Crippen LogP contribution in [0.2, 0.25) is 0 Å². The fourth-order valence-corrected chi connectivity index (χ4v) is 2.02.